The molecule has 0 unspecified atom stereocenters. The molecule has 0 aliphatic heterocycles. The normalized spacial score (nSPS) is 10.7. The van der Waals surface area contributed by atoms with E-state index in [-0.39, 0.29) is 22.0 Å². The maximum Gasteiger partial charge on any atom is 0.356 e. The number of ether oxygens (including phenoxy) is 1. The van der Waals surface area contributed by atoms with E-state index in [4.69, 9.17) is 21.4 Å². The van der Waals surface area contributed by atoms with Gasteiger partial charge in [-0.2, -0.15) is 5.10 Å². The summed E-state index contributed by atoms with van der Waals surface area (Å²) in [5.41, 5.74) is 0.982. The van der Waals surface area contributed by atoms with Crippen molar-refractivity contribution >= 4 is 17.6 Å². The largest absolute Gasteiger partial charge is 0.492 e. The van der Waals surface area contributed by atoms with Crippen molar-refractivity contribution in [3.05, 3.63) is 34.2 Å². The molecule has 0 aliphatic carbocycles. The summed E-state index contributed by atoms with van der Waals surface area (Å²) in [5.74, 6) is -1.90. The average Bonchev–Trinajstić information content (AvgIpc) is 2.77. The van der Waals surface area contributed by atoms with Crippen LogP contribution in [0.4, 0.5) is 4.39 Å². The van der Waals surface area contributed by atoms with Gasteiger partial charge in [0.2, 0.25) is 0 Å². The summed E-state index contributed by atoms with van der Waals surface area (Å²) in [6, 6.07) is 2.83. The Kier molecular flexibility index (Phi) is 3.67. The third kappa shape index (κ3) is 2.22. The molecule has 1 heterocycles. The van der Waals surface area contributed by atoms with Gasteiger partial charge in [-0.1, -0.05) is 11.6 Å². The molecule has 1 N–H and O–H groups in total. The van der Waals surface area contributed by atoms with E-state index in [0.29, 0.717) is 11.3 Å². The van der Waals surface area contributed by atoms with Crippen molar-refractivity contribution in [2.45, 2.75) is 6.92 Å². The molecule has 0 bridgehead atoms. The van der Waals surface area contributed by atoms with Crippen LogP contribution in [0.3, 0.4) is 0 Å². The number of aromatic nitrogens is 2. The lowest BCUT2D eigenvalue weighted by Gasteiger charge is -2.12. The van der Waals surface area contributed by atoms with E-state index in [1.165, 1.54) is 31.0 Å². The molecule has 0 atom stereocenters. The molecular formula is C13H12ClFN2O3. The van der Waals surface area contributed by atoms with E-state index in [1.807, 2.05) is 0 Å². The number of carboxylic acids is 1. The molecule has 0 radical (unpaired) electrons. The average molecular weight is 299 g/mol. The Bertz CT molecular complexity index is 697. The zero-order valence-electron chi connectivity index (χ0n) is 11.1. The first-order chi connectivity index (χ1) is 9.36. The molecule has 1 aromatic carbocycles. The van der Waals surface area contributed by atoms with Crippen molar-refractivity contribution in [1.29, 1.82) is 0 Å². The highest BCUT2D eigenvalue weighted by Gasteiger charge is 2.21. The van der Waals surface area contributed by atoms with Gasteiger partial charge >= 0.3 is 5.97 Å². The standard InChI is InChI=1S/C13H12ClFN2O3/c1-6-4-7(11(15)12(20-3)10(6)14)9-5-8(13(18)19)16-17(9)2/h4-5H,1-3H3,(H,18,19). The van der Waals surface area contributed by atoms with E-state index < -0.39 is 11.8 Å². The van der Waals surface area contributed by atoms with Crippen LogP contribution in [-0.2, 0) is 7.05 Å². The fourth-order valence-corrected chi connectivity index (χ4v) is 2.15. The monoisotopic (exact) mass is 298 g/mol. The van der Waals surface area contributed by atoms with E-state index in [9.17, 15) is 9.18 Å². The van der Waals surface area contributed by atoms with Crippen molar-refractivity contribution in [3.63, 3.8) is 0 Å². The molecule has 0 amide bonds. The van der Waals surface area contributed by atoms with Crippen LogP contribution in [0.2, 0.25) is 5.02 Å². The number of rotatable bonds is 3. The third-order valence-corrected chi connectivity index (χ3v) is 3.39. The van der Waals surface area contributed by atoms with Crippen molar-refractivity contribution in [2.24, 2.45) is 7.05 Å². The lowest BCUT2D eigenvalue weighted by Crippen LogP contribution is -2.00. The van der Waals surface area contributed by atoms with E-state index >= 15 is 0 Å². The molecule has 0 fully saturated rings. The lowest BCUT2D eigenvalue weighted by molar-refractivity contribution is 0.0689. The molecule has 106 valence electrons. The van der Waals surface area contributed by atoms with Crippen molar-refractivity contribution in [2.75, 3.05) is 7.11 Å². The van der Waals surface area contributed by atoms with Crippen LogP contribution in [0.25, 0.3) is 11.3 Å². The number of benzene rings is 1. The maximum atomic E-state index is 14.4. The van der Waals surface area contributed by atoms with Crippen LogP contribution in [0.1, 0.15) is 16.1 Å². The minimum absolute atomic E-state index is 0.0697. The Morgan fingerprint density at radius 2 is 2.15 bits per heavy atom. The Hall–Kier alpha value is -2.08. The van der Waals surface area contributed by atoms with Crippen molar-refractivity contribution < 1.29 is 19.0 Å². The minimum atomic E-state index is -1.18. The number of methoxy groups -OCH3 is 1. The molecule has 0 spiro atoms. The minimum Gasteiger partial charge on any atom is -0.492 e. The Balaban J connectivity index is 2.70. The molecule has 0 saturated carbocycles. The van der Waals surface area contributed by atoms with Crippen molar-refractivity contribution in [3.8, 4) is 17.0 Å². The summed E-state index contributed by atoms with van der Waals surface area (Å²) in [4.78, 5) is 10.9. The second kappa shape index (κ2) is 5.13. The number of nitrogens with zero attached hydrogens (tertiary/aromatic N) is 2. The van der Waals surface area contributed by atoms with Crippen LogP contribution in [0.5, 0.6) is 5.75 Å². The summed E-state index contributed by atoms with van der Waals surface area (Å²) in [6.45, 7) is 1.71. The van der Waals surface area contributed by atoms with Crippen LogP contribution < -0.4 is 4.74 Å². The fourth-order valence-electron chi connectivity index (χ4n) is 1.93. The molecule has 2 aromatic rings. The van der Waals surface area contributed by atoms with Gasteiger partial charge in [0, 0.05) is 12.6 Å². The maximum absolute atomic E-state index is 14.4. The Morgan fingerprint density at radius 3 is 2.65 bits per heavy atom. The summed E-state index contributed by atoms with van der Waals surface area (Å²) in [6.07, 6.45) is 0. The summed E-state index contributed by atoms with van der Waals surface area (Å²) in [5, 5.41) is 12.9. The Labute approximate surface area is 119 Å². The van der Waals surface area contributed by atoms with Gasteiger partial charge in [0.05, 0.1) is 17.8 Å². The van der Waals surface area contributed by atoms with E-state index in [0.717, 1.165) is 0 Å². The van der Waals surface area contributed by atoms with Gasteiger partial charge in [-0.15, -0.1) is 0 Å². The zero-order valence-corrected chi connectivity index (χ0v) is 11.8. The number of hydrogen-bond acceptors (Lipinski definition) is 3. The highest BCUT2D eigenvalue weighted by molar-refractivity contribution is 6.33. The predicted octanol–water partition coefficient (Wildman–Crippen LogP) is 2.89. The first-order valence-electron chi connectivity index (χ1n) is 5.67. The van der Waals surface area contributed by atoms with Crippen LogP contribution in [0.15, 0.2) is 12.1 Å². The molecular weight excluding hydrogens is 287 g/mol. The second-order valence-corrected chi connectivity index (χ2v) is 4.62. The number of halogens is 2. The molecule has 7 heteroatoms. The number of hydrogen-bond donors (Lipinski definition) is 1. The Morgan fingerprint density at radius 1 is 1.50 bits per heavy atom. The van der Waals surface area contributed by atoms with Gasteiger partial charge < -0.3 is 9.84 Å². The van der Waals surface area contributed by atoms with E-state index in [2.05, 4.69) is 5.10 Å². The first kappa shape index (κ1) is 14.3. The summed E-state index contributed by atoms with van der Waals surface area (Å²) >= 11 is 5.97. The second-order valence-electron chi connectivity index (χ2n) is 4.25. The van der Waals surface area contributed by atoms with Gasteiger partial charge in [-0.05, 0) is 24.6 Å². The SMILES string of the molecule is COc1c(F)c(-c2cc(C(=O)O)nn2C)cc(C)c1Cl. The summed E-state index contributed by atoms with van der Waals surface area (Å²) in [7, 11) is 2.86. The molecule has 0 saturated heterocycles. The highest BCUT2D eigenvalue weighted by Crippen LogP contribution is 2.37. The highest BCUT2D eigenvalue weighted by atomic mass is 35.5. The van der Waals surface area contributed by atoms with Gasteiger partial charge in [0.15, 0.2) is 17.3 Å². The third-order valence-electron chi connectivity index (χ3n) is 2.92. The van der Waals surface area contributed by atoms with Crippen LogP contribution in [0, 0.1) is 12.7 Å². The summed E-state index contributed by atoms with van der Waals surface area (Å²) < 4.78 is 20.7. The topological polar surface area (TPSA) is 64.3 Å². The predicted molar refractivity (Wildman–Crippen MR) is 71.9 cm³/mol. The quantitative estimate of drug-likeness (QED) is 0.946. The van der Waals surface area contributed by atoms with Crippen LogP contribution >= 0.6 is 11.6 Å². The van der Waals surface area contributed by atoms with Crippen LogP contribution in [-0.4, -0.2) is 28.0 Å². The smallest absolute Gasteiger partial charge is 0.356 e. The number of aromatic carboxylic acids is 1. The van der Waals surface area contributed by atoms with Crippen molar-refractivity contribution in [1.82, 2.24) is 9.78 Å². The van der Waals surface area contributed by atoms with Gasteiger partial charge in [0.25, 0.3) is 0 Å². The number of carboxylic acid groups (broad SMARTS) is 1. The van der Waals surface area contributed by atoms with Gasteiger partial charge in [-0.25, -0.2) is 9.18 Å². The molecule has 0 aliphatic rings. The number of aryl methyl sites for hydroxylation is 2. The zero-order chi connectivity index (χ0) is 15.0. The number of carbonyl (C=O) groups is 1. The lowest BCUT2D eigenvalue weighted by atomic mass is 10.1. The fraction of sp³-hybridized carbons (Fsp3) is 0.231. The van der Waals surface area contributed by atoms with E-state index in [1.54, 1.807) is 6.92 Å². The molecule has 20 heavy (non-hydrogen) atoms. The first-order valence-corrected chi connectivity index (χ1v) is 6.05. The van der Waals surface area contributed by atoms with Gasteiger partial charge in [-0.3, -0.25) is 4.68 Å². The molecule has 2 rings (SSSR count). The molecule has 5 nitrogen and oxygen atoms in total. The molecule has 1 aromatic heterocycles. The van der Waals surface area contributed by atoms with Gasteiger partial charge in [0.1, 0.15) is 0 Å².